The molecular weight excluding hydrogens is 212 g/mol. The lowest BCUT2D eigenvalue weighted by molar-refractivity contribution is -0.000771. The summed E-state index contributed by atoms with van der Waals surface area (Å²) in [6, 6.07) is 7.58. The highest BCUT2D eigenvalue weighted by molar-refractivity contribution is 6.30. The van der Waals surface area contributed by atoms with Gasteiger partial charge in [-0.2, -0.15) is 0 Å². The molecule has 1 aromatic carbocycles. The highest BCUT2D eigenvalue weighted by atomic mass is 35.5. The van der Waals surface area contributed by atoms with Crippen LogP contribution in [0.1, 0.15) is 18.4 Å². The number of aliphatic hydroxyl groups excluding tert-OH is 1. The second-order valence-corrected chi connectivity index (χ2v) is 4.39. The normalized spacial score (nSPS) is 22.9. The van der Waals surface area contributed by atoms with Crippen molar-refractivity contribution in [2.75, 3.05) is 6.61 Å². The Hall–Kier alpha value is -0.570. The number of ether oxygens (including phenoxy) is 1. The predicted molar refractivity (Wildman–Crippen MR) is 60.1 cm³/mol. The summed E-state index contributed by atoms with van der Waals surface area (Å²) >= 11 is 5.79. The summed E-state index contributed by atoms with van der Waals surface area (Å²) in [6.07, 6.45) is 2.29. The zero-order valence-corrected chi connectivity index (χ0v) is 9.28. The standard InChI is InChI=1S/C12H15ClO2/c13-10-5-3-9(4-6-10)8-11(14)12-2-1-7-15-12/h3-6,11-12,14H,1-2,7-8H2. The molecule has 0 bridgehead atoms. The maximum absolute atomic E-state index is 9.91. The Morgan fingerprint density at radius 3 is 2.73 bits per heavy atom. The lowest BCUT2D eigenvalue weighted by Gasteiger charge is -2.17. The van der Waals surface area contributed by atoms with Gasteiger partial charge in [0.15, 0.2) is 0 Å². The number of hydrogen-bond donors (Lipinski definition) is 1. The SMILES string of the molecule is OC(Cc1ccc(Cl)cc1)C1CCCO1. The van der Waals surface area contributed by atoms with Crippen LogP contribution in [0.5, 0.6) is 0 Å². The van der Waals surface area contributed by atoms with E-state index < -0.39 is 6.10 Å². The number of halogens is 1. The van der Waals surface area contributed by atoms with Gasteiger partial charge in [0, 0.05) is 18.1 Å². The van der Waals surface area contributed by atoms with Gasteiger partial charge in [-0.25, -0.2) is 0 Å². The molecule has 3 heteroatoms. The Labute approximate surface area is 94.8 Å². The van der Waals surface area contributed by atoms with Gasteiger partial charge in [0.1, 0.15) is 0 Å². The van der Waals surface area contributed by atoms with Gasteiger partial charge in [0.05, 0.1) is 12.2 Å². The molecule has 2 unspecified atom stereocenters. The van der Waals surface area contributed by atoms with Crippen LogP contribution in [0.2, 0.25) is 5.02 Å². The second-order valence-electron chi connectivity index (χ2n) is 3.95. The second kappa shape index (κ2) is 4.97. The molecular formula is C12H15ClO2. The van der Waals surface area contributed by atoms with Crippen LogP contribution in [-0.4, -0.2) is 23.9 Å². The highest BCUT2D eigenvalue weighted by Crippen LogP contribution is 2.19. The van der Waals surface area contributed by atoms with Gasteiger partial charge >= 0.3 is 0 Å². The lowest BCUT2D eigenvalue weighted by atomic mass is 10.0. The van der Waals surface area contributed by atoms with Crippen molar-refractivity contribution < 1.29 is 9.84 Å². The molecule has 1 fully saturated rings. The first-order chi connectivity index (χ1) is 7.25. The van der Waals surface area contributed by atoms with Crippen LogP contribution in [0, 0.1) is 0 Å². The monoisotopic (exact) mass is 226 g/mol. The van der Waals surface area contributed by atoms with Crippen LogP contribution in [0.4, 0.5) is 0 Å². The summed E-state index contributed by atoms with van der Waals surface area (Å²) in [5.74, 6) is 0. The fourth-order valence-electron chi connectivity index (χ4n) is 1.90. The average Bonchev–Trinajstić information content (AvgIpc) is 2.74. The van der Waals surface area contributed by atoms with E-state index in [0.29, 0.717) is 6.42 Å². The van der Waals surface area contributed by atoms with E-state index in [2.05, 4.69) is 0 Å². The maximum atomic E-state index is 9.91. The van der Waals surface area contributed by atoms with Gasteiger partial charge in [-0.3, -0.25) is 0 Å². The van der Waals surface area contributed by atoms with E-state index in [9.17, 15) is 5.11 Å². The molecule has 0 aromatic heterocycles. The highest BCUT2D eigenvalue weighted by Gasteiger charge is 2.23. The third-order valence-corrected chi connectivity index (χ3v) is 3.00. The van der Waals surface area contributed by atoms with Crippen molar-refractivity contribution in [2.45, 2.75) is 31.5 Å². The molecule has 1 N–H and O–H groups in total. The molecule has 0 spiro atoms. The fourth-order valence-corrected chi connectivity index (χ4v) is 2.03. The minimum atomic E-state index is -0.395. The Morgan fingerprint density at radius 2 is 2.13 bits per heavy atom. The van der Waals surface area contributed by atoms with E-state index >= 15 is 0 Å². The van der Waals surface area contributed by atoms with Crippen LogP contribution >= 0.6 is 11.6 Å². The smallest absolute Gasteiger partial charge is 0.0842 e. The molecule has 2 atom stereocenters. The van der Waals surface area contributed by atoms with Gasteiger partial charge in [0.25, 0.3) is 0 Å². The summed E-state index contributed by atoms with van der Waals surface area (Å²) in [5.41, 5.74) is 1.10. The number of aliphatic hydroxyl groups is 1. The minimum absolute atomic E-state index is 0.0145. The van der Waals surface area contributed by atoms with Crippen molar-refractivity contribution in [1.82, 2.24) is 0 Å². The summed E-state index contributed by atoms with van der Waals surface area (Å²) in [7, 11) is 0. The van der Waals surface area contributed by atoms with Gasteiger partial charge in [-0.15, -0.1) is 0 Å². The summed E-state index contributed by atoms with van der Waals surface area (Å²) < 4.78 is 5.43. The Balaban J connectivity index is 1.92. The summed E-state index contributed by atoms with van der Waals surface area (Å²) in [6.45, 7) is 0.780. The molecule has 1 aliphatic rings. The quantitative estimate of drug-likeness (QED) is 0.858. The van der Waals surface area contributed by atoms with E-state index in [0.717, 1.165) is 30.0 Å². The lowest BCUT2D eigenvalue weighted by Crippen LogP contribution is -2.27. The van der Waals surface area contributed by atoms with Crippen molar-refractivity contribution in [3.05, 3.63) is 34.9 Å². The molecule has 0 saturated carbocycles. The van der Waals surface area contributed by atoms with Crippen LogP contribution in [0.3, 0.4) is 0 Å². The van der Waals surface area contributed by atoms with Gasteiger partial charge in [-0.05, 0) is 30.5 Å². The molecule has 2 rings (SSSR count). The summed E-state index contributed by atoms with van der Waals surface area (Å²) in [4.78, 5) is 0. The zero-order chi connectivity index (χ0) is 10.7. The molecule has 0 aliphatic carbocycles. The topological polar surface area (TPSA) is 29.5 Å². The molecule has 0 amide bonds. The molecule has 1 heterocycles. The van der Waals surface area contributed by atoms with Gasteiger partial charge < -0.3 is 9.84 Å². The zero-order valence-electron chi connectivity index (χ0n) is 8.53. The molecule has 15 heavy (non-hydrogen) atoms. The number of hydrogen-bond acceptors (Lipinski definition) is 2. The van der Waals surface area contributed by atoms with E-state index in [1.54, 1.807) is 0 Å². The molecule has 82 valence electrons. The molecule has 2 nitrogen and oxygen atoms in total. The molecule has 0 radical (unpaired) electrons. The first kappa shape index (κ1) is 10.9. The van der Waals surface area contributed by atoms with Crippen molar-refractivity contribution in [1.29, 1.82) is 0 Å². The van der Waals surface area contributed by atoms with Crippen LogP contribution in [0.15, 0.2) is 24.3 Å². The Bertz CT molecular complexity index is 304. The van der Waals surface area contributed by atoms with Crippen molar-refractivity contribution in [2.24, 2.45) is 0 Å². The molecule has 1 aliphatic heterocycles. The number of benzene rings is 1. The van der Waals surface area contributed by atoms with Crippen LogP contribution in [0.25, 0.3) is 0 Å². The largest absolute Gasteiger partial charge is 0.390 e. The third-order valence-electron chi connectivity index (χ3n) is 2.75. The van der Waals surface area contributed by atoms with Crippen molar-refractivity contribution in [3.63, 3.8) is 0 Å². The third kappa shape index (κ3) is 2.94. The van der Waals surface area contributed by atoms with Gasteiger partial charge in [-0.1, -0.05) is 23.7 Å². The van der Waals surface area contributed by atoms with Crippen molar-refractivity contribution >= 4 is 11.6 Å². The van der Waals surface area contributed by atoms with E-state index in [4.69, 9.17) is 16.3 Å². The minimum Gasteiger partial charge on any atom is -0.390 e. The van der Waals surface area contributed by atoms with E-state index in [1.165, 1.54) is 0 Å². The molecule has 1 saturated heterocycles. The molecule has 1 aromatic rings. The van der Waals surface area contributed by atoms with E-state index in [-0.39, 0.29) is 6.10 Å². The maximum Gasteiger partial charge on any atom is 0.0842 e. The van der Waals surface area contributed by atoms with Crippen LogP contribution in [-0.2, 0) is 11.2 Å². The van der Waals surface area contributed by atoms with Gasteiger partial charge in [0.2, 0.25) is 0 Å². The first-order valence-corrected chi connectivity index (χ1v) is 5.67. The number of rotatable bonds is 3. The Morgan fingerprint density at radius 1 is 1.40 bits per heavy atom. The fraction of sp³-hybridized carbons (Fsp3) is 0.500. The van der Waals surface area contributed by atoms with E-state index in [1.807, 2.05) is 24.3 Å². The van der Waals surface area contributed by atoms with Crippen LogP contribution < -0.4 is 0 Å². The average molecular weight is 227 g/mol. The summed E-state index contributed by atoms with van der Waals surface area (Å²) in [5, 5.41) is 10.6. The predicted octanol–water partition coefficient (Wildman–Crippen LogP) is 2.42. The van der Waals surface area contributed by atoms with Crippen molar-refractivity contribution in [3.8, 4) is 0 Å². The first-order valence-electron chi connectivity index (χ1n) is 5.30. The Kier molecular flexibility index (Phi) is 3.62.